The number of carbonyl (C=O) groups is 2. The van der Waals surface area contributed by atoms with E-state index < -0.39 is 11.5 Å². The number of piperidine rings is 1. The largest absolute Gasteiger partial charge is 0.480 e. The quantitative estimate of drug-likeness (QED) is 0.714. The van der Waals surface area contributed by atoms with Gasteiger partial charge in [-0.05, 0) is 50.6 Å². The molecule has 2 fully saturated rings. The van der Waals surface area contributed by atoms with E-state index in [2.05, 4.69) is 17.6 Å². The van der Waals surface area contributed by atoms with Crippen LogP contribution in [0, 0.1) is 11.8 Å². The standard InChI is InChI=1S/C15H26N2O3/c1-11(12-5-4-8-16-10-12)9-13(18)17-15(14(19)20)6-2-3-7-15/h11-12,16H,2-10H2,1H3,(H,17,18)(H,19,20). The van der Waals surface area contributed by atoms with Gasteiger partial charge in [0.25, 0.3) is 0 Å². The minimum atomic E-state index is -0.998. The first-order valence-electron chi connectivity index (χ1n) is 7.79. The van der Waals surface area contributed by atoms with Crippen molar-refractivity contribution < 1.29 is 14.7 Å². The first-order valence-corrected chi connectivity index (χ1v) is 7.79. The molecule has 5 heteroatoms. The minimum Gasteiger partial charge on any atom is -0.480 e. The van der Waals surface area contributed by atoms with Gasteiger partial charge in [-0.25, -0.2) is 4.79 Å². The minimum absolute atomic E-state index is 0.104. The van der Waals surface area contributed by atoms with Gasteiger partial charge in [0.2, 0.25) is 5.91 Å². The van der Waals surface area contributed by atoms with Gasteiger partial charge in [0, 0.05) is 6.42 Å². The lowest BCUT2D eigenvalue weighted by atomic mass is 9.85. The summed E-state index contributed by atoms with van der Waals surface area (Å²) in [5.41, 5.74) is -0.998. The van der Waals surface area contributed by atoms with Gasteiger partial charge in [-0.15, -0.1) is 0 Å². The zero-order chi connectivity index (χ0) is 14.6. The van der Waals surface area contributed by atoms with Crippen LogP contribution < -0.4 is 10.6 Å². The Bertz CT molecular complexity index is 358. The van der Waals surface area contributed by atoms with Crippen LogP contribution in [0.25, 0.3) is 0 Å². The molecule has 0 spiro atoms. The maximum atomic E-state index is 12.2. The van der Waals surface area contributed by atoms with Crippen LogP contribution in [0.2, 0.25) is 0 Å². The molecule has 0 radical (unpaired) electrons. The van der Waals surface area contributed by atoms with Crippen molar-refractivity contribution in [3.05, 3.63) is 0 Å². The Morgan fingerprint density at radius 3 is 2.60 bits per heavy atom. The molecule has 1 aliphatic heterocycles. The molecule has 3 N–H and O–H groups in total. The first-order chi connectivity index (χ1) is 9.53. The molecule has 2 aliphatic rings. The number of rotatable bonds is 5. The number of carboxylic acid groups (broad SMARTS) is 1. The Labute approximate surface area is 120 Å². The van der Waals surface area contributed by atoms with Crippen molar-refractivity contribution in [1.82, 2.24) is 10.6 Å². The van der Waals surface area contributed by atoms with E-state index in [1.54, 1.807) is 0 Å². The fourth-order valence-electron chi connectivity index (χ4n) is 3.51. The molecular formula is C15H26N2O3. The molecule has 2 atom stereocenters. The highest BCUT2D eigenvalue weighted by Crippen LogP contribution is 2.30. The van der Waals surface area contributed by atoms with Crippen LogP contribution in [0.3, 0.4) is 0 Å². The SMILES string of the molecule is CC(CC(=O)NC1(C(=O)O)CCCC1)C1CCCNC1. The molecule has 0 aromatic heterocycles. The molecule has 0 aromatic rings. The number of hydrogen-bond donors (Lipinski definition) is 3. The summed E-state index contributed by atoms with van der Waals surface area (Å²) in [6.07, 6.45) is 5.65. The second kappa shape index (κ2) is 6.57. The smallest absolute Gasteiger partial charge is 0.329 e. The lowest BCUT2D eigenvalue weighted by Gasteiger charge is -2.30. The van der Waals surface area contributed by atoms with E-state index in [-0.39, 0.29) is 5.91 Å². The van der Waals surface area contributed by atoms with E-state index >= 15 is 0 Å². The van der Waals surface area contributed by atoms with Crippen LogP contribution in [-0.2, 0) is 9.59 Å². The van der Waals surface area contributed by atoms with E-state index in [4.69, 9.17) is 0 Å². The Morgan fingerprint density at radius 2 is 2.05 bits per heavy atom. The fourth-order valence-corrected chi connectivity index (χ4v) is 3.51. The molecule has 1 saturated heterocycles. The molecule has 2 unspecified atom stereocenters. The molecule has 1 heterocycles. The number of hydrogen-bond acceptors (Lipinski definition) is 3. The Hall–Kier alpha value is -1.10. The second-order valence-electron chi connectivity index (χ2n) is 6.43. The number of carboxylic acids is 1. The molecule has 2 rings (SSSR count). The Kier molecular flexibility index (Phi) is 5.02. The molecule has 1 aliphatic carbocycles. The number of carbonyl (C=O) groups excluding carboxylic acids is 1. The highest BCUT2D eigenvalue weighted by atomic mass is 16.4. The molecule has 0 bridgehead atoms. The predicted octanol–water partition coefficient (Wildman–Crippen LogP) is 1.53. The van der Waals surface area contributed by atoms with Gasteiger partial charge in [0.15, 0.2) is 0 Å². The average Bonchev–Trinajstić information content (AvgIpc) is 2.89. The van der Waals surface area contributed by atoms with Gasteiger partial charge in [-0.2, -0.15) is 0 Å². The van der Waals surface area contributed by atoms with Crippen molar-refractivity contribution in [2.45, 2.75) is 57.4 Å². The van der Waals surface area contributed by atoms with E-state index in [0.717, 1.165) is 38.8 Å². The maximum Gasteiger partial charge on any atom is 0.329 e. The summed E-state index contributed by atoms with van der Waals surface area (Å²) in [4.78, 5) is 23.6. The third-order valence-electron chi connectivity index (χ3n) is 4.89. The van der Waals surface area contributed by atoms with Crippen molar-refractivity contribution in [1.29, 1.82) is 0 Å². The van der Waals surface area contributed by atoms with Gasteiger partial charge < -0.3 is 15.7 Å². The molecule has 20 heavy (non-hydrogen) atoms. The lowest BCUT2D eigenvalue weighted by Crippen LogP contribution is -2.53. The summed E-state index contributed by atoms with van der Waals surface area (Å²) in [5.74, 6) is -0.156. The normalized spacial score (nSPS) is 26.9. The van der Waals surface area contributed by atoms with Crippen LogP contribution in [-0.4, -0.2) is 35.6 Å². The summed E-state index contributed by atoms with van der Waals surface area (Å²) >= 11 is 0. The van der Waals surface area contributed by atoms with Crippen LogP contribution in [0.1, 0.15) is 51.9 Å². The second-order valence-corrected chi connectivity index (χ2v) is 6.43. The molecular weight excluding hydrogens is 256 g/mol. The number of aliphatic carboxylic acids is 1. The number of amides is 1. The van der Waals surface area contributed by atoms with E-state index in [9.17, 15) is 14.7 Å². The predicted molar refractivity (Wildman–Crippen MR) is 76.4 cm³/mol. The highest BCUT2D eigenvalue weighted by Gasteiger charge is 2.42. The summed E-state index contributed by atoms with van der Waals surface area (Å²) in [5, 5.41) is 15.5. The summed E-state index contributed by atoms with van der Waals surface area (Å²) < 4.78 is 0. The molecule has 114 valence electrons. The molecule has 1 saturated carbocycles. The van der Waals surface area contributed by atoms with E-state index in [1.165, 1.54) is 0 Å². The first kappa shape index (κ1) is 15.3. The zero-order valence-corrected chi connectivity index (χ0v) is 12.3. The average molecular weight is 282 g/mol. The number of nitrogens with one attached hydrogen (secondary N) is 2. The van der Waals surface area contributed by atoms with Gasteiger partial charge >= 0.3 is 5.97 Å². The van der Waals surface area contributed by atoms with Gasteiger partial charge in [-0.1, -0.05) is 19.8 Å². The van der Waals surface area contributed by atoms with Gasteiger partial charge in [-0.3, -0.25) is 4.79 Å². The summed E-state index contributed by atoms with van der Waals surface area (Å²) in [6.45, 7) is 4.13. The molecule has 1 amide bonds. The Morgan fingerprint density at radius 1 is 1.35 bits per heavy atom. The summed E-state index contributed by atoms with van der Waals surface area (Å²) in [6, 6.07) is 0. The zero-order valence-electron chi connectivity index (χ0n) is 12.3. The highest BCUT2D eigenvalue weighted by molar-refractivity contribution is 5.87. The van der Waals surface area contributed by atoms with Gasteiger partial charge in [0.1, 0.15) is 5.54 Å². The fraction of sp³-hybridized carbons (Fsp3) is 0.867. The maximum absolute atomic E-state index is 12.2. The van der Waals surface area contributed by atoms with Crippen molar-refractivity contribution >= 4 is 11.9 Å². The van der Waals surface area contributed by atoms with E-state index in [1.807, 2.05) is 0 Å². The van der Waals surface area contributed by atoms with Crippen molar-refractivity contribution in [3.8, 4) is 0 Å². The van der Waals surface area contributed by atoms with Crippen molar-refractivity contribution in [2.75, 3.05) is 13.1 Å². The van der Waals surface area contributed by atoms with Crippen LogP contribution in [0.4, 0.5) is 0 Å². The van der Waals surface area contributed by atoms with Crippen LogP contribution in [0.15, 0.2) is 0 Å². The monoisotopic (exact) mass is 282 g/mol. The molecule has 5 nitrogen and oxygen atoms in total. The third-order valence-corrected chi connectivity index (χ3v) is 4.89. The molecule has 0 aromatic carbocycles. The van der Waals surface area contributed by atoms with E-state index in [0.29, 0.717) is 31.1 Å². The Balaban J connectivity index is 1.86. The summed E-state index contributed by atoms with van der Waals surface area (Å²) in [7, 11) is 0. The van der Waals surface area contributed by atoms with Crippen molar-refractivity contribution in [3.63, 3.8) is 0 Å². The van der Waals surface area contributed by atoms with Crippen LogP contribution >= 0.6 is 0 Å². The third kappa shape index (κ3) is 3.51. The lowest BCUT2D eigenvalue weighted by molar-refractivity contribution is -0.147. The van der Waals surface area contributed by atoms with Crippen molar-refractivity contribution in [2.24, 2.45) is 11.8 Å². The van der Waals surface area contributed by atoms with Gasteiger partial charge in [0.05, 0.1) is 0 Å². The topological polar surface area (TPSA) is 78.4 Å². The van der Waals surface area contributed by atoms with Crippen LogP contribution in [0.5, 0.6) is 0 Å².